The van der Waals surface area contributed by atoms with E-state index in [0.717, 1.165) is 10.7 Å². The number of aryl methyl sites for hydroxylation is 1. The number of likely N-dealkylation sites (tertiary alicyclic amines) is 1. The number of carbonyl (C=O) groups excluding carboxylic acids is 1. The highest BCUT2D eigenvalue weighted by Gasteiger charge is 2.27. The Morgan fingerprint density at radius 2 is 2.12 bits per heavy atom. The van der Waals surface area contributed by atoms with Gasteiger partial charge in [0.15, 0.2) is 0 Å². The molecule has 9 heteroatoms. The van der Waals surface area contributed by atoms with Crippen LogP contribution in [0.25, 0.3) is 0 Å². The maximum atomic E-state index is 12.3. The van der Waals surface area contributed by atoms with Crippen LogP contribution >= 0.6 is 22.7 Å². The first-order valence-electron chi connectivity index (χ1n) is 7.68. The number of amides is 1. The van der Waals surface area contributed by atoms with Gasteiger partial charge in [-0.2, -0.15) is 0 Å². The van der Waals surface area contributed by atoms with Crippen molar-refractivity contribution in [3.05, 3.63) is 33.6 Å². The lowest BCUT2D eigenvalue weighted by atomic mass is 10.1. The van der Waals surface area contributed by atoms with Crippen LogP contribution in [-0.2, 0) is 21.2 Å². The summed E-state index contributed by atoms with van der Waals surface area (Å²) < 4.78 is 27.5. The Morgan fingerprint density at radius 3 is 2.71 bits per heavy atom. The maximum Gasteiger partial charge on any atom is 0.250 e. The summed E-state index contributed by atoms with van der Waals surface area (Å²) in [7, 11) is -3.44. The van der Waals surface area contributed by atoms with Crippen molar-refractivity contribution in [2.45, 2.75) is 36.4 Å². The molecule has 1 fully saturated rings. The van der Waals surface area contributed by atoms with Crippen LogP contribution in [0.4, 0.5) is 0 Å². The van der Waals surface area contributed by atoms with Gasteiger partial charge in [0.05, 0.1) is 17.1 Å². The largest absolute Gasteiger partial charge is 0.342 e. The van der Waals surface area contributed by atoms with E-state index < -0.39 is 10.0 Å². The molecule has 1 amide bonds. The normalized spacial score (nSPS) is 16.5. The summed E-state index contributed by atoms with van der Waals surface area (Å²) in [6, 6.07) is 3.20. The fraction of sp³-hybridized carbons (Fsp3) is 0.467. The molecule has 2 aromatic rings. The number of hydrogen-bond donors (Lipinski definition) is 1. The summed E-state index contributed by atoms with van der Waals surface area (Å²) in [5, 5.41) is 4.62. The van der Waals surface area contributed by atoms with Crippen molar-refractivity contribution < 1.29 is 13.2 Å². The molecule has 0 bridgehead atoms. The summed E-state index contributed by atoms with van der Waals surface area (Å²) in [4.78, 5) is 18.4. The number of carbonyl (C=O) groups is 1. The highest BCUT2D eigenvalue weighted by Crippen LogP contribution is 2.19. The SMILES string of the molecule is Cc1nc(CC(=O)N2CCC(NS(=O)(=O)c3cccs3)CC2)cs1. The lowest BCUT2D eigenvalue weighted by Crippen LogP contribution is -2.46. The van der Waals surface area contributed by atoms with Crippen LogP contribution in [0.3, 0.4) is 0 Å². The van der Waals surface area contributed by atoms with Crippen molar-refractivity contribution in [2.75, 3.05) is 13.1 Å². The third kappa shape index (κ3) is 4.21. The van der Waals surface area contributed by atoms with Gasteiger partial charge in [0.2, 0.25) is 15.9 Å². The Morgan fingerprint density at radius 1 is 1.38 bits per heavy atom. The smallest absolute Gasteiger partial charge is 0.250 e. The number of piperidine rings is 1. The number of aromatic nitrogens is 1. The van der Waals surface area contributed by atoms with Crippen molar-refractivity contribution in [3.8, 4) is 0 Å². The molecule has 0 atom stereocenters. The van der Waals surface area contributed by atoms with Gasteiger partial charge in [0.1, 0.15) is 4.21 Å². The van der Waals surface area contributed by atoms with Gasteiger partial charge in [-0.3, -0.25) is 4.79 Å². The van der Waals surface area contributed by atoms with Gasteiger partial charge in [-0.15, -0.1) is 22.7 Å². The van der Waals surface area contributed by atoms with Gasteiger partial charge < -0.3 is 4.90 Å². The van der Waals surface area contributed by atoms with Crippen LogP contribution < -0.4 is 4.72 Å². The summed E-state index contributed by atoms with van der Waals surface area (Å²) >= 11 is 2.75. The minimum atomic E-state index is -3.44. The van der Waals surface area contributed by atoms with Crippen molar-refractivity contribution in [2.24, 2.45) is 0 Å². The van der Waals surface area contributed by atoms with Gasteiger partial charge >= 0.3 is 0 Å². The first-order chi connectivity index (χ1) is 11.4. The minimum absolute atomic E-state index is 0.0554. The minimum Gasteiger partial charge on any atom is -0.342 e. The second kappa shape index (κ2) is 7.30. The topological polar surface area (TPSA) is 79.4 Å². The molecule has 1 N–H and O–H groups in total. The molecule has 6 nitrogen and oxygen atoms in total. The van der Waals surface area contributed by atoms with Crippen LogP contribution in [0, 0.1) is 6.92 Å². The zero-order valence-corrected chi connectivity index (χ0v) is 15.7. The van der Waals surface area contributed by atoms with E-state index in [1.807, 2.05) is 12.3 Å². The number of thiophene rings is 1. The first kappa shape index (κ1) is 17.5. The summed E-state index contributed by atoms with van der Waals surface area (Å²) in [6.07, 6.45) is 1.58. The van der Waals surface area contributed by atoms with Gasteiger partial charge in [0.25, 0.3) is 0 Å². The van der Waals surface area contributed by atoms with E-state index >= 15 is 0 Å². The maximum absolute atomic E-state index is 12.3. The molecule has 0 aliphatic carbocycles. The van der Waals surface area contributed by atoms with E-state index in [2.05, 4.69) is 9.71 Å². The molecule has 3 heterocycles. The molecule has 3 rings (SSSR count). The molecule has 0 spiro atoms. The molecule has 0 saturated carbocycles. The lowest BCUT2D eigenvalue weighted by Gasteiger charge is -2.32. The van der Waals surface area contributed by atoms with Gasteiger partial charge in [-0.05, 0) is 31.2 Å². The number of rotatable bonds is 5. The van der Waals surface area contributed by atoms with E-state index in [-0.39, 0.29) is 11.9 Å². The standard InChI is InChI=1S/C15H19N3O3S3/c1-11-16-13(10-23-11)9-14(19)18-6-4-12(5-7-18)17-24(20,21)15-3-2-8-22-15/h2-3,8,10,12,17H,4-7,9H2,1H3. The highest BCUT2D eigenvalue weighted by atomic mass is 32.2. The van der Waals surface area contributed by atoms with Crippen LogP contribution in [0.1, 0.15) is 23.5 Å². The van der Waals surface area contributed by atoms with Crippen LogP contribution in [0.5, 0.6) is 0 Å². The highest BCUT2D eigenvalue weighted by molar-refractivity contribution is 7.91. The van der Waals surface area contributed by atoms with Gasteiger partial charge in [-0.1, -0.05) is 6.07 Å². The second-order valence-corrected chi connectivity index (χ2v) is 9.69. The Bertz CT molecular complexity index is 791. The molecule has 2 aromatic heterocycles. The van der Waals surface area contributed by atoms with Crippen molar-refractivity contribution in [1.82, 2.24) is 14.6 Å². The van der Waals surface area contributed by atoms with E-state index in [1.54, 1.807) is 33.7 Å². The summed E-state index contributed by atoms with van der Waals surface area (Å²) in [5.74, 6) is 0.0554. The Balaban J connectivity index is 1.51. The molecular formula is C15H19N3O3S3. The van der Waals surface area contributed by atoms with Crippen LogP contribution in [-0.4, -0.2) is 43.3 Å². The van der Waals surface area contributed by atoms with E-state index in [4.69, 9.17) is 0 Å². The number of nitrogens with zero attached hydrogens (tertiary/aromatic N) is 2. The van der Waals surface area contributed by atoms with Crippen LogP contribution in [0.2, 0.25) is 0 Å². The molecule has 1 saturated heterocycles. The monoisotopic (exact) mass is 385 g/mol. The average molecular weight is 386 g/mol. The number of nitrogens with one attached hydrogen (secondary N) is 1. The van der Waals surface area contributed by atoms with Crippen molar-refractivity contribution in [1.29, 1.82) is 0 Å². The van der Waals surface area contributed by atoms with Crippen molar-refractivity contribution >= 4 is 38.6 Å². The molecule has 0 unspecified atom stereocenters. The van der Waals surface area contributed by atoms with E-state index in [0.29, 0.717) is 36.6 Å². The Labute approximate surface area is 149 Å². The zero-order chi connectivity index (χ0) is 17.2. The molecule has 24 heavy (non-hydrogen) atoms. The Kier molecular flexibility index (Phi) is 5.33. The van der Waals surface area contributed by atoms with E-state index in [9.17, 15) is 13.2 Å². The molecule has 1 aliphatic rings. The molecule has 1 aliphatic heterocycles. The summed E-state index contributed by atoms with van der Waals surface area (Å²) in [6.45, 7) is 3.06. The van der Waals surface area contributed by atoms with Gasteiger partial charge in [-0.25, -0.2) is 18.1 Å². The quantitative estimate of drug-likeness (QED) is 0.854. The van der Waals surface area contributed by atoms with Crippen molar-refractivity contribution in [3.63, 3.8) is 0 Å². The third-order valence-corrected chi connectivity index (χ3v) is 7.67. The predicted molar refractivity (Wildman–Crippen MR) is 94.8 cm³/mol. The van der Waals surface area contributed by atoms with Crippen LogP contribution in [0.15, 0.2) is 27.1 Å². The third-order valence-electron chi connectivity index (χ3n) is 3.93. The number of hydrogen-bond acceptors (Lipinski definition) is 6. The average Bonchev–Trinajstić information content (AvgIpc) is 3.20. The fourth-order valence-corrected chi connectivity index (χ4v) is 5.62. The first-order valence-corrected chi connectivity index (χ1v) is 10.9. The number of thiazole rings is 1. The zero-order valence-electron chi connectivity index (χ0n) is 13.3. The molecular weight excluding hydrogens is 366 g/mol. The second-order valence-electron chi connectivity index (χ2n) is 5.74. The fourth-order valence-electron chi connectivity index (χ4n) is 2.70. The summed E-state index contributed by atoms with van der Waals surface area (Å²) in [5.41, 5.74) is 0.808. The Hall–Kier alpha value is -1.29. The predicted octanol–water partition coefficient (Wildman–Crippen LogP) is 2.03. The molecule has 130 valence electrons. The number of sulfonamides is 1. The molecule has 0 aromatic carbocycles. The lowest BCUT2D eigenvalue weighted by molar-refractivity contribution is -0.131. The molecule has 0 radical (unpaired) electrons. The van der Waals surface area contributed by atoms with E-state index in [1.165, 1.54) is 11.3 Å². The van der Waals surface area contributed by atoms with Gasteiger partial charge in [0, 0.05) is 24.5 Å².